The maximum absolute atomic E-state index is 13.0. The van der Waals surface area contributed by atoms with Gasteiger partial charge in [0.15, 0.2) is 0 Å². The molecular weight excluding hydrogens is 172 g/mol. The summed E-state index contributed by atoms with van der Waals surface area (Å²) in [7, 11) is 0. The van der Waals surface area contributed by atoms with E-state index in [0.717, 1.165) is 12.5 Å². The molecule has 1 aromatic carbocycles. The van der Waals surface area contributed by atoms with Crippen molar-refractivity contribution in [3.63, 3.8) is 0 Å². The van der Waals surface area contributed by atoms with Crippen LogP contribution in [0.5, 0.6) is 0 Å². The Bertz CT molecular complexity index is 302. The molecule has 0 aliphatic heterocycles. The molecule has 0 unspecified atom stereocenters. The first kappa shape index (κ1) is 10.1. The first-order valence-electron chi connectivity index (χ1n) is 4.13. The van der Waals surface area contributed by atoms with Gasteiger partial charge in [0.05, 0.1) is 0 Å². The van der Waals surface area contributed by atoms with Crippen LogP contribution in [-0.4, -0.2) is 0 Å². The topological polar surface area (TPSA) is 26.0 Å². The molecule has 2 N–H and O–H groups in total. The van der Waals surface area contributed by atoms with Gasteiger partial charge in [0.2, 0.25) is 0 Å². The van der Waals surface area contributed by atoms with E-state index in [1.165, 1.54) is 6.07 Å². The molecule has 1 nitrogen and oxygen atoms in total. The summed E-state index contributed by atoms with van der Waals surface area (Å²) in [6.07, 6.45) is 0. The second-order valence-electron chi connectivity index (χ2n) is 3.24. The van der Waals surface area contributed by atoms with Gasteiger partial charge in [-0.25, -0.2) is 8.78 Å². The van der Waals surface area contributed by atoms with E-state index in [4.69, 9.17) is 5.73 Å². The van der Waals surface area contributed by atoms with Crippen molar-refractivity contribution in [1.82, 2.24) is 0 Å². The van der Waals surface area contributed by atoms with Crippen LogP contribution < -0.4 is 5.73 Å². The minimum absolute atomic E-state index is 0.0652. The maximum atomic E-state index is 13.0. The van der Waals surface area contributed by atoms with Crippen LogP contribution in [0.4, 0.5) is 8.78 Å². The van der Waals surface area contributed by atoms with Gasteiger partial charge in [-0.2, -0.15) is 0 Å². The van der Waals surface area contributed by atoms with Crippen molar-refractivity contribution in [3.8, 4) is 0 Å². The number of halogens is 2. The zero-order valence-corrected chi connectivity index (χ0v) is 7.77. The van der Waals surface area contributed by atoms with E-state index in [-0.39, 0.29) is 5.56 Å². The highest BCUT2D eigenvalue weighted by Crippen LogP contribution is 2.30. The molecule has 0 amide bonds. The largest absolute Gasteiger partial charge is 0.326 e. The first-order valence-corrected chi connectivity index (χ1v) is 4.13. The van der Waals surface area contributed by atoms with E-state index in [0.29, 0.717) is 12.1 Å². The number of benzene rings is 1. The molecule has 0 saturated carbocycles. The van der Waals surface area contributed by atoms with E-state index in [1.807, 2.05) is 0 Å². The van der Waals surface area contributed by atoms with Gasteiger partial charge >= 0.3 is 0 Å². The second-order valence-corrected chi connectivity index (χ2v) is 3.24. The van der Waals surface area contributed by atoms with Gasteiger partial charge in [-0.1, -0.05) is 12.1 Å². The maximum Gasteiger partial charge on any atom is 0.270 e. The van der Waals surface area contributed by atoms with Gasteiger partial charge in [-0.3, -0.25) is 0 Å². The lowest BCUT2D eigenvalue weighted by Crippen LogP contribution is -2.10. The lowest BCUT2D eigenvalue weighted by atomic mass is 10.0. The molecule has 13 heavy (non-hydrogen) atoms. The summed E-state index contributed by atoms with van der Waals surface area (Å²) in [5, 5.41) is 0. The van der Waals surface area contributed by atoms with Gasteiger partial charge < -0.3 is 5.73 Å². The van der Waals surface area contributed by atoms with Crippen LogP contribution in [0.15, 0.2) is 18.2 Å². The average molecular weight is 185 g/mol. The Hall–Kier alpha value is -0.960. The van der Waals surface area contributed by atoms with Crippen molar-refractivity contribution in [3.05, 3.63) is 34.9 Å². The molecule has 0 bridgehead atoms. The zero-order valence-electron chi connectivity index (χ0n) is 7.77. The Morgan fingerprint density at radius 2 is 2.00 bits per heavy atom. The summed E-state index contributed by atoms with van der Waals surface area (Å²) >= 11 is 0. The fourth-order valence-electron chi connectivity index (χ4n) is 1.27. The summed E-state index contributed by atoms with van der Waals surface area (Å²) in [6, 6.07) is 4.91. The molecule has 0 aliphatic carbocycles. The summed E-state index contributed by atoms with van der Waals surface area (Å²) < 4.78 is 26.0. The van der Waals surface area contributed by atoms with Crippen molar-refractivity contribution in [2.45, 2.75) is 26.3 Å². The Morgan fingerprint density at radius 3 is 2.46 bits per heavy atom. The van der Waals surface area contributed by atoms with Gasteiger partial charge in [-0.15, -0.1) is 0 Å². The number of nitrogens with two attached hydrogens (primary N) is 1. The van der Waals surface area contributed by atoms with Gasteiger partial charge in [0.1, 0.15) is 0 Å². The minimum Gasteiger partial charge on any atom is -0.326 e. The molecule has 0 aromatic heterocycles. The molecule has 0 fully saturated rings. The van der Waals surface area contributed by atoms with E-state index < -0.39 is 5.92 Å². The predicted octanol–water partition coefficient (Wildman–Crippen LogP) is 2.57. The molecule has 0 spiro atoms. The summed E-state index contributed by atoms with van der Waals surface area (Å²) in [4.78, 5) is 0. The third-order valence-corrected chi connectivity index (χ3v) is 2.01. The molecular formula is C10H13F2N. The zero-order chi connectivity index (χ0) is 10.1. The summed E-state index contributed by atoms with van der Waals surface area (Å²) in [6.45, 7) is 2.87. The van der Waals surface area contributed by atoms with E-state index in [9.17, 15) is 8.78 Å². The average Bonchev–Trinajstić information content (AvgIpc) is 2.03. The molecule has 1 aromatic rings. The van der Waals surface area contributed by atoms with Crippen molar-refractivity contribution in [2.24, 2.45) is 5.73 Å². The van der Waals surface area contributed by atoms with E-state index in [2.05, 4.69) is 0 Å². The molecule has 3 heteroatoms. The molecule has 0 heterocycles. The smallest absolute Gasteiger partial charge is 0.270 e. The molecule has 0 atom stereocenters. The van der Waals surface area contributed by atoms with Crippen LogP contribution >= 0.6 is 0 Å². The van der Waals surface area contributed by atoms with Crippen LogP contribution in [-0.2, 0) is 12.5 Å². The van der Waals surface area contributed by atoms with Crippen molar-refractivity contribution in [1.29, 1.82) is 0 Å². The van der Waals surface area contributed by atoms with E-state index >= 15 is 0 Å². The SMILES string of the molecule is Cc1ccc(CN)cc1C(C)(F)F. The molecule has 0 saturated heterocycles. The molecule has 0 radical (unpaired) electrons. The lowest BCUT2D eigenvalue weighted by molar-refractivity contribution is 0.0167. The van der Waals surface area contributed by atoms with E-state index in [1.54, 1.807) is 19.1 Å². The number of rotatable bonds is 2. The third-order valence-electron chi connectivity index (χ3n) is 2.01. The number of hydrogen-bond donors (Lipinski definition) is 1. The molecule has 72 valence electrons. The summed E-state index contributed by atoms with van der Waals surface area (Å²) in [5.74, 6) is -2.78. The normalized spacial score (nSPS) is 11.8. The highest BCUT2D eigenvalue weighted by molar-refractivity contribution is 5.33. The van der Waals surface area contributed by atoms with Gasteiger partial charge in [0.25, 0.3) is 5.92 Å². The monoisotopic (exact) mass is 185 g/mol. The van der Waals surface area contributed by atoms with Crippen molar-refractivity contribution >= 4 is 0 Å². The van der Waals surface area contributed by atoms with Crippen LogP contribution in [0, 0.1) is 6.92 Å². The lowest BCUT2D eigenvalue weighted by Gasteiger charge is -2.14. The highest BCUT2D eigenvalue weighted by Gasteiger charge is 2.26. The highest BCUT2D eigenvalue weighted by atomic mass is 19.3. The van der Waals surface area contributed by atoms with Crippen molar-refractivity contribution < 1.29 is 8.78 Å². The minimum atomic E-state index is -2.78. The fraction of sp³-hybridized carbons (Fsp3) is 0.400. The second kappa shape index (κ2) is 3.42. The third kappa shape index (κ3) is 2.25. The summed E-state index contributed by atoms with van der Waals surface area (Å²) in [5.41, 5.74) is 6.77. The van der Waals surface area contributed by atoms with Crippen LogP contribution in [0.3, 0.4) is 0 Å². The Labute approximate surface area is 76.6 Å². The van der Waals surface area contributed by atoms with Crippen LogP contribution in [0.25, 0.3) is 0 Å². The Kier molecular flexibility index (Phi) is 2.66. The van der Waals surface area contributed by atoms with Gasteiger partial charge in [-0.05, 0) is 24.1 Å². The first-order chi connectivity index (χ1) is 5.95. The molecule has 0 aliphatic rings. The standard InChI is InChI=1S/C10H13F2N/c1-7-3-4-8(6-13)5-9(7)10(2,11)12/h3-5H,6,13H2,1-2H3. The van der Waals surface area contributed by atoms with Crippen LogP contribution in [0.1, 0.15) is 23.6 Å². The Morgan fingerprint density at radius 1 is 1.38 bits per heavy atom. The van der Waals surface area contributed by atoms with Crippen molar-refractivity contribution in [2.75, 3.05) is 0 Å². The van der Waals surface area contributed by atoms with Gasteiger partial charge in [0, 0.05) is 19.0 Å². The quantitative estimate of drug-likeness (QED) is 0.752. The Balaban J connectivity index is 3.19. The molecule has 1 rings (SSSR count). The predicted molar refractivity (Wildman–Crippen MR) is 48.6 cm³/mol. The number of hydrogen-bond acceptors (Lipinski definition) is 1. The van der Waals surface area contributed by atoms with Crippen LogP contribution in [0.2, 0.25) is 0 Å². The number of alkyl halides is 2. The number of aryl methyl sites for hydroxylation is 1. The fourth-order valence-corrected chi connectivity index (χ4v) is 1.27.